The third kappa shape index (κ3) is 6.35. The van der Waals surface area contributed by atoms with Gasteiger partial charge in [0, 0.05) is 37.5 Å². The van der Waals surface area contributed by atoms with Gasteiger partial charge in [-0.25, -0.2) is 0 Å². The third-order valence-electron chi connectivity index (χ3n) is 2.52. The van der Waals surface area contributed by atoms with Crippen molar-refractivity contribution in [2.75, 3.05) is 39.2 Å². The highest BCUT2D eigenvalue weighted by Gasteiger charge is 2.02. The fourth-order valence-corrected chi connectivity index (χ4v) is 1.93. The van der Waals surface area contributed by atoms with E-state index in [1.54, 1.807) is 14.2 Å². The second kappa shape index (κ2) is 9.33. The molecule has 0 saturated heterocycles. The summed E-state index contributed by atoms with van der Waals surface area (Å²) in [5, 5.41) is 6.65. The van der Waals surface area contributed by atoms with Crippen LogP contribution in [0, 0.1) is 0 Å². The highest BCUT2D eigenvalue weighted by molar-refractivity contribution is 9.10. The number of ether oxygens (including phenoxy) is 2. The SMILES string of the molecule is COC(CNCCCNc1cccc(Br)c1)OC. The van der Waals surface area contributed by atoms with Gasteiger partial charge in [0.25, 0.3) is 0 Å². The molecule has 0 atom stereocenters. The zero-order valence-electron chi connectivity index (χ0n) is 10.9. The normalized spacial score (nSPS) is 10.9. The number of benzene rings is 1. The monoisotopic (exact) mass is 316 g/mol. The van der Waals surface area contributed by atoms with Gasteiger partial charge in [0.05, 0.1) is 0 Å². The minimum atomic E-state index is -0.164. The van der Waals surface area contributed by atoms with Gasteiger partial charge in [-0.1, -0.05) is 22.0 Å². The van der Waals surface area contributed by atoms with E-state index in [0.29, 0.717) is 6.54 Å². The fourth-order valence-electron chi connectivity index (χ4n) is 1.53. The second-order valence-electron chi connectivity index (χ2n) is 3.90. The molecule has 0 fully saturated rings. The number of hydrogen-bond acceptors (Lipinski definition) is 4. The van der Waals surface area contributed by atoms with Gasteiger partial charge >= 0.3 is 0 Å². The first kappa shape index (κ1) is 15.4. The Balaban J connectivity index is 2.05. The molecule has 18 heavy (non-hydrogen) atoms. The van der Waals surface area contributed by atoms with Crippen molar-refractivity contribution < 1.29 is 9.47 Å². The molecule has 0 amide bonds. The molecule has 0 bridgehead atoms. The van der Waals surface area contributed by atoms with Crippen molar-refractivity contribution in [3.63, 3.8) is 0 Å². The fraction of sp³-hybridized carbons (Fsp3) is 0.538. The molecule has 0 aliphatic rings. The van der Waals surface area contributed by atoms with Gasteiger partial charge < -0.3 is 20.1 Å². The number of nitrogens with one attached hydrogen (secondary N) is 2. The molecule has 1 aromatic carbocycles. The van der Waals surface area contributed by atoms with Gasteiger partial charge in [-0.15, -0.1) is 0 Å². The van der Waals surface area contributed by atoms with E-state index < -0.39 is 0 Å². The molecule has 0 heterocycles. The van der Waals surface area contributed by atoms with E-state index in [9.17, 15) is 0 Å². The second-order valence-corrected chi connectivity index (χ2v) is 4.81. The molecule has 0 saturated carbocycles. The van der Waals surface area contributed by atoms with E-state index >= 15 is 0 Å². The van der Waals surface area contributed by atoms with Crippen LogP contribution in [0.2, 0.25) is 0 Å². The van der Waals surface area contributed by atoms with Crippen molar-refractivity contribution in [1.82, 2.24) is 5.32 Å². The van der Waals surface area contributed by atoms with Gasteiger partial charge in [0.1, 0.15) is 0 Å². The smallest absolute Gasteiger partial charge is 0.169 e. The largest absolute Gasteiger partial charge is 0.385 e. The molecular weight excluding hydrogens is 296 g/mol. The Hall–Kier alpha value is -0.620. The van der Waals surface area contributed by atoms with Crippen LogP contribution in [0.3, 0.4) is 0 Å². The first-order valence-corrected chi connectivity index (χ1v) is 6.81. The predicted molar refractivity (Wildman–Crippen MR) is 77.9 cm³/mol. The van der Waals surface area contributed by atoms with Crippen molar-refractivity contribution in [2.45, 2.75) is 12.7 Å². The van der Waals surface area contributed by atoms with Crippen molar-refractivity contribution in [2.24, 2.45) is 0 Å². The summed E-state index contributed by atoms with van der Waals surface area (Å²) in [5.41, 5.74) is 1.14. The molecule has 5 heteroatoms. The van der Waals surface area contributed by atoms with Crippen molar-refractivity contribution >= 4 is 21.6 Å². The summed E-state index contributed by atoms with van der Waals surface area (Å²) >= 11 is 3.45. The van der Waals surface area contributed by atoms with Gasteiger partial charge in [-0.05, 0) is 31.2 Å². The highest BCUT2D eigenvalue weighted by atomic mass is 79.9. The molecule has 1 aromatic rings. The molecule has 0 unspecified atom stereocenters. The Labute approximate surface area is 117 Å². The molecule has 102 valence electrons. The quantitative estimate of drug-likeness (QED) is 0.542. The number of halogens is 1. The lowest BCUT2D eigenvalue weighted by Crippen LogP contribution is -2.31. The standard InChI is InChI=1S/C13H21BrN2O2/c1-17-13(18-2)10-15-7-4-8-16-12-6-3-5-11(14)9-12/h3,5-6,9,13,15-16H,4,7-8,10H2,1-2H3. The lowest BCUT2D eigenvalue weighted by Gasteiger charge is -2.14. The molecule has 0 spiro atoms. The van der Waals surface area contributed by atoms with Crippen molar-refractivity contribution in [3.05, 3.63) is 28.7 Å². The Bertz CT molecular complexity index is 333. The van der Waals surface area contributed by atoms with Crippen LogP contribution in [0.25, 0.3) is 0 Å². The maximum Gasteiger partial charge on any atom is 0.169 e. The molecule has 1 rings (SSSR count). The Morgan fingerprint density at radius 2 is 2.00 bits per heavy atom. The Kier molecular flexibility index (Phi) is 8.00. The predicted octanol–water partition coefficient (Wildman–Crippen LogP) is 2.46. The molecule has 0 aromatic heterocycles. The lowest BCUT2D eigenvalue weighted by molar-refractivity contribution is -0.0986. The molecule has 0 radical (unpaired) electrons. The van der Waals surface area contributed by atoms with E-state index in [1.165, 1.54) is 0 Å². The average Bonchev–Trinajstić information content (AvgIpc) is 2.38. The van der Waals surface area contributed by atoms with E-state index in [1.807, 2.05) is 12.1 Å². The third-order valence-corrected chi connectivity index (χ3v) is 3.01. The summed E-state index contributed by atoms with van der Waals surface area (Å²) in [6, 6.07) is 8.16. The first-order chi connectivity index (χ1) is 8.76. The molecular formula is C13H21BrN2O2. The zero-order chi connectivity index (χ0) is 13.2. The maximum absolute atomic E-state index is 5.08. The van der Waals surface area contributed by atoms with Crippen LogP contribution in [-0.2, 0) is 9.47 Å². The van der Waals surface area contributed by atoms with Crippen molar-refractivity contribution in [1.29, 1.82) is 0 Å². The minimum absolute atomic E-state index is 0.164. The van der Waals surface area contributed by atoms with Gasteiger partial charge in [-0.3, -0.25) is 0 Å². The summed E-state index contributed by atoms with van der Waals surface area (Å²) in [6.07, 6.45) is 0.884. The van der Waals surface area contributed by atoms with Crippen LogP contribution in [0.15, 0.2) is 28.7 Å². The van der Waals surface area contributed by atoms with Gasteiger partial charge in [-0.2, -0.15) is 0 Å². The lowest BCUT2D eigenvalue weighted by atomic mass is 10.3. The first-order valence-electron chi connectivity index (χ1n) is 6.02. The van der Waals surface area contributed by atoms with Gasteiger partial charge in [0.2, 0.25) is 0 Å². The van der Waals surface area contributed by atoms with E-state index in [2.05, 4.69) is 38.7 Å². The summed E-state index contributed by atoms with van der Waals surface area (Å²) in [7, 11) is 3.29. The summed E-state index contributed by atoms with van der Waals surface area (Å²) in [6.45, 7) is 2.59. The van der Waals surface area contributed by atoms with E-state index in [0.717, 1.165) is 29.7 Å². The molecule has 0 aliphatic heterocycles. The van der Waals surface area contributed by atoms with Crippen LogP contribution < -0.4 is 10.6 Å². The maximum atomic E-state index is 5.08. The average molecular weight is 317 g/mol. The van der Waals surface area contributed by atoms with Crippen molar-refractivity contribution in [3.8, 4) is 0 Å². The number of anilines is 1. The number of methoxy groups -OCH3 is 2. The van der Waals surface area contributed by atoms with Gasteiger partial charge in [0.15, 0.2) is 6.29 Å². The molecule has 4 nitrogen and oxygen atoms in total. The minimum Gasteiger partial charge on any atom is -0.385 e. The highest BCUT2D eigenvalue weighted by Crippen LogP contribution is 2.15. The van der Waals surface area contributed by atoms with Crippen LogP contribution in [-0.4, -0.2) is 40.1 Å². The van der Waals surface area contributed by atoms with Crippen LogP contribution in [0.1, 0.15) is 6.42 Å². The summed E-state index contributed by atoms with van der Waals surface area (Å²) in [4.78, 5) is 0. The van der Waals surface area contributed by atoms with E-state index in [-0.39, 0.29) is 6.29 Å². The number of hydrogen-bond donors (Lipinski definition) is 2. The summed E-state index contributed by atoms with van der Waals surface area (Å²) in [5.74, 6) is 0. The summed E-state index contributed by atoms with van der Waals surface area (Å²) < 4.78 is 11.3. The van der Waals surface area contributed by atoms with Crippen LogP contribution >= 0.6 is 15.9 Å². The zero-order valence-corrected chi connectivity index (χ0v) is 12.5. The number of rotatable bonds is 9. The Morgan fingerprint density at radius 1 is 1.22 bits per heavy atom. The van der Waals surface area contributed by atoms with E-state index in [4.69, 9.17) is 9.47 Å². The Morgan fingerprint density at radius 3 is 2.67 bits per heavy atom. The molecule has 0 aliphatic carbocycles. The van der Waals surface area contributed by atoms with Crippen LogP contribution in [0.5, 0.6) is 0 Å². The molecule has 2 N–H and O–H groups in total. The topological polar surface area (TPSA) is 42.5 Å². The van der Waals surface area contributed by atoms with Crippen LogP contribution in [0.4, 0.5) is 5.69 Å².